The molecule has 4 aromatic rings. The molecule has 0 aliphatic rings. The van der Waals surface area contributed by atoms with Crippen molar-refractivity contribution in [3.63, 3.8) is 0 Å². The summed E-state index contributed by atoms with van der Waals surface area (Å²) in [5.41, 5.74) is -0.522. The van der Waals surface area contributed by atoms with Gasteiger partial charge in [-0.15, -0.1) is 0 Å². The van der Waals surface area contributed by atoms with E-state index in [-0.39, 0.29) is 23.6 Å². The van der Waals surface area contributed by atoms with E-state index in [1.807, 2.05) is 0 Å². The number of hydrogen-bond donors (Lipinski definition) is 0. The van der Waals surface area contributed by atoms with E-state index in [2.05, 4.69) is 15.2 Å². The normalized spacial score (nSPS) is 11.8. The number of fused-ring (bicyclic) bond motifs is 1. The van der Waals surface area contributed by atoms with Crippen molar-refractivity contribution in [2.24, 2.45) is 7.05 Å². The molecule has 0 aliphatic carbocycles. The third-order valence-electron chi connectivity index (χ3n) is 4.59. The van der Waals surface area contributed by atoms with E-state index in [9.17, 15) is 22.4 Å². The fourth-order valence-corrected chi connectivity index (χ4v) is 3.11. The van der Waals surface area contributed by atoms with E-state index < -0.39 is 23.6 Å². The zero-order chi connectivity index (χ0) is 22.3. The summed E-state index contributed by atoms with van der Waals surface area (Å²) in [7, 11) is 3.24. The minimum atomic E-state index is -4.75. The molecule has 0 bridgehead atoms. The van der Waals surface area contributed by atoms with Crippen LogP contribution < -0.4 is 0 Å². The van der Waals surface area contributed by atoms with Crippen LogP contribution in [0.15, 0.2) is 48.7 Å². The lowest BCUT2D eigenvalue weighted by Crippen LogP contribution is -2.27. The van der Waals surface area contributed by atoms with Gasteiger partial charge in [-0.3, -0.25) is 9.48 Å². The van der Waals surface area contributed by atoms with Gasteiger partial charge in [0.1, 0.15) is 5.82 Å². The number of nitrogens with zero attached hydrogens (tertiary/aromatic N) is 6. The summed E-state index contributed by atoms with van der Waals surface area (Å²) in [5, 5.41) is 8.03. The van der Waals surface area contributed by atoms with Crippen molar-refractivity contribution < 1.29 is 22.4 Å². The molecule has 160 valence electrons. The average Bonchev–Trinajstić information content (AvgIpc) is 3.32. The van der Waals surface area contributed by atoms with Crippen LogP contribution in [0.25, 0.3) is 16.9 Å². The number of carbonyl (C=O) groups excluding carboxylic acids is 1. The number of halogens is 4. The average molecular weight is 432 g/mol. The highest BCUT2D eigenvalue weighted by molar-refractivity contribution is 5.93. The predicted molar refractivity (Wildman–Crippen MR) is 102 cm³/mol. The highest BCUT2D eigenvalue weighted by atomic mass is 19.4. The molecule has 11 heteroatoms. The number of amides is 1. The number of aromatic nitrogens is 5. The Bertz CT molecular complexity index is 1260. The fraction of sp³-hybridized carbons (Fsp3) is 0.200. The Morgan fingerprint density at radius 2 is 1.81 bits per heavy atom. The number of rotatable bonds is 4. The summed E-state index contributed by atoms with van der Waals surface area (Å²) in [5.74, 6) is -1.10. The van der Waals surface area contributed by atoms with Gasteiger partial charge in [0, 0.05) is 31.9 Å². The van der Waals surface area contributed by atoms with Crippen molar-refractivity contribution in [1.29, 1.82) is 0 Å². The van der Waals surface area contributed by atoms with Crippen LogP contribution in [0.5, 0.6) is 0 Å². The molecule has 0 unspecified atom stereocenters. The Balaban J connectivity index is 1.74. The minimum Gasteiger partial charge on any atom is -0.334 e. The molecular formula is C20H16F4N6O. The quantitative estimate of drug-likeness (QED) is 0.463. The van der Waals surface area contributed by atoms with Gasteiger partial charge in [0.2, 0.25) is 0 Å². The minimum absolute atomic E-state index is 0.0134. The Morgan fingerprint density at radius 1 is 1.10 bits per heavy atom. The Kier molecular flexibility index (Phi) is 4.96. The topological polar surface area (TPSA) is 68.3 Å². The first-order chi connectivity index (χ1) is 14.6. The molecule has 0 radical (unpaired) electrons. The first-order valence-electron chi connectivity index (χ1n) is 9.10. The van der Waals surface area contributed by atoms with Gasteiger partial charge in [-0.25, -0.2) is 13.9 Å². The molecule has 0 aliphatic heterocycles. The lowest BCUT2D eigenvalue weighted by molar-refractivity contribution is -0.142. The summed E-state index contributed by atoms with van der Waals surface area (Å²) >= 11 is 0. The molecule has 0 fully saturated rings. The van der Waals surface area contributed by atoms with Gasteiger partial charge in [0.25, 0.3) is 5.91 Å². The highest BCUT2D eigenvalue weighted by Gasteiger charge is 2.36. The second-order valence-corrected chi connectivity index (χ2v) is 6.97. The van der Waals surface area contributed by atoms with Gasteiger partial charge >= 0.3 is 6.18 Å². The van der Waals surface area contributed by atoms with E-state index >= 15 is 0 Å². The summed E-state index contributed by atoms with van der Waals surface area (Å²) < 4.78 is 56.4. The largest absolute Gasteiger partial charge is 0.433 e. The highest BCUT2D eigenvalue weighted by Crippen LogP contribution is 2.32. The molecule has 4 rings (SSSR count). The van der Waals surface area contributed by atoms with E-state index in [1.54, 1.807) is 24.0 Å². The van der Waals surface area contributed by atoms with Gasteiger partial charge in [-0.2, -0.15) is 23.4 Å². The smallest absolute Gasteiger partial charge is 0.334 e. The number of carbonyl (C=O) groups is 1. The van der Waals surface area contributed by atoms with Gasteiger partial charge in [0.05, 0.1) is 17.9 Å². The second kappa shape index (κ2) is 7.49. The number of hydrogen-bond acceptors (Lipinski definition) is 4. The maximum atomic E-state index is 13.7. The number of alkyl halides is 3. The van der Waals surface area contributed by atoms with Crippen LogP contribution in [-0.2, 0) is 19.8 Å². The van der Waals surface area contributed by atoms with E-state index in [0.717, 1.165) is 18.2 Å². The lowest BCUT2D eigenvalue weighted by Gasteiger charge is -2.14. The zero-order valence-electron chi connectivity index (χ0n) is 16.4. The molecule has 0 spiro atoms. The maximum Gasteiger partial charge on any atom is 0.433 e. The van der Waals surface area contributed by atoms with Crippen molar-refractivity contribution in [2.45, 2.75) is 12.7 Å². The number of benzene rings is 1. The maximum absolute atomic E-state index is 13.7. The van der Waals surface area contributed by atoms with Crippen LogP contribution in [-0.4, -0.2) is 42.2 Å². The second-order valence-electron chi connectivity index (χ2n) is 6.97. The molecule has 0 N–H and O–H groups in total. The summed E-state index contributed by atoms with van der Waals surface area (Å²) in [6.45, 7) is 0.161. The Hall–Kier alpha value is -3.76. The van der Waals surface area contributed by atoms with Crippen molar-refractivity contribution in [1.82, 2.24) is 29.3 Å². The summed E-state index contributed by atoms with van der Waals surface area (Å²) in [6, 6.07) is 8.66. The van der Waals surface area contributed by atoms with Crippen LogP contribution in [0.3, 0.4) is 0 Å². The van der Waals surface area contributed by atoms with Gasteiger partial charge < -0.3 is 4.90 Å². The first kappa shape index (κ1) is 20.5. The molecule has 0 saturated heterocycles. The molecular weight excluding hydrogens is 416 g/mol. The molecule has 0 atom stereocenters. The van der Waals surface area contributed by atoms with Crippen molar-refractivity contribution >= 4 is 11.6 Å². The molecule has 31 heavy (non-hydrogen) atoms. The van der Waals surface area contributed by atoms with Crippen LogP contribution >= 0.6 is 0 Å². The Morgan fingerprint density at radius 3 is 2.42 bits per heavy atom. The summed E-state index contributed by atoms with van der Waals surface area (Å²) in [6.07, 6.45) is -3.03. The third-order valence-corrected chi connectivity index (χ3v) is 4.59. The monoisotopic (exact) mass is 432 g/mol. The zero-order valence-corrected chi connectivity index (χ0v) is 16.4. The van der Waals surface area contributed by atoms with Crippen LogP contribution in [0.1, 0.15) is 21.9 Å². The molecule has 1 amide bonds. The SMILES string of the molecule is CN(Cc1ccn(C)n1)C(=O)c1cc2nc(-c3ccc(F)cc3)cc(C(F)(F)F)n2n1. The van der Waals surface area contributed by atoms with Gasteiger partial charge in [0.15, 0.2) is 17.0 Å². The van der Waals surface area contributed by atoms with Gasteiger partial charge in [-0.1, -0.05) is 0 Å². The predicted octanol–water partition coefficient (Wildman–Crippen LogP) is 3.56. The Labute approximate surface area is 173 Å². The van der Waals surface area contributed by atoms with Gasteiger partial charge in [-0.05, 0) is 36.4 Å². The van der Waals surface area contributed by atoms with E-state index in [1.165, 1.54) is 30.1 Å². The molecule has 7 nitrogen and oxygen atoms in total. The first-order valence-corrected chi connectivity index (χ1v) is 9.10. The van der Waals surface area contributed by atoms with E-state index in [4.69, 9.17) is 0 Å². The van der Waals surface area contributed by atoms with E-state index in [0.29, 0.717) is 15.8 Å². The lowest BCUT2D eigenvalue weighted by atomic mass is 10.1. The molecule has 0 saturated carbocycles. The standard InChI is InChI=1S/C20H16F4N6O/c1-28(11-14-7-8-29(2)26-14)19(31)16-10-18-25-15(12-3-5-13(21)6-4-12)9-17(20(22,23)24)30(18)27-16/h3-10H,11H2,1-2H3. The van der Waals surface area contributed by atoms with Crippen molar-refractivity contribution in [2.75, 3.05) is 7.05 Å². The fourth-order valence-electron chi connectivity index (χ4n) is 3.11. The molecule has 3 aromatic heterocycles. The summed E-state index contributed by atoms with van der Waals surface area (Å²) in [4.78, 5) is 18.2. The van der Waals surface area contributed by atoms with Crippen LogP contribution in [0, 0.1) is 5.82 Å². The van der Waals surface area contributed by atoms with Crippen LogP contribution in [0.2, 0.25) is 0 Å². The van der Waals surface area contributed by atoms with Crippen molar-refractivity contribution in [3.8, 4) is 11.3 Å². The molecule has 1 aromatic carbocycles. The number of aryl methyl sites for hydroxylation is 1. The van der Waals surface area contributed by atoms with Crippen molar-refractivity contribution in [3.05, 3.63) is 71.6 Å². The van der Waals surface area contributed by atoms with Crippen LogP contribution in [0.4, 0.5) is 17.6 Å². The molecule has 3 heterocycles. The third kappa shape index (κ3) is 4.11.